The van der Waals surface area contributed by atoms with Gasteiger partial charge in [0.05, 0.1) is 5.92 Å². The first kappa shape index (κ1) is 28.1. The van der Waals surface area contributed by atoms with E-state index in [0.717, 1.165) is 68.5 Å². The van der Waals surface area contributed by atoms with Gasteiger partial charge in [-0.3, -0.25) is 9.69 Å². The molecular weight excluding hydrogens is 531 g/mol. The van der Waals surface area contributed by atoms with Crippen LogP contribution in [0, 0.1) is 11.8 Å². The number of likely N-dealkylation sites (tertiary alicyclic amines) is 1. The number of aliphatic carboxylic acids is 1. The number of nitrogens with zero attached hydrogens (tertiary/aromatic N) is 1. The average Bonchev–Trinajstić information content (AvgIpc) is 3.72. The molecule has 1 aliphatic carbocycles. The molecule has 2 aliphatic heterocycles. The van der Waals surface area contributed by atoms with E-state index in [1.807, 2.05) is 6.92 Å². The number of carboxylic acids is 1. The van der Waals surface area contributed by atoms with Crippen molar-refractivity contribution in [2.24, 2.45) is 11.8 Å². The molecule has 5 rings (SSSR count). The lowest BCUT2D eigenvalue weighted by atomic mass is 9.80. The van der Waals surface area contributed by atoms with Crippen molar-refractivity contribution in [3.63, 3.8) is 0 Å². The number of carboxylic acid groups (broad SMARTS) is 1. The normalized spacial score (nSPS) is 21.5. The lowest BCUT2D eigenvalue weighted by Crippen LogP contribution is -2.50. The standard InChI is InChI=1S/C30H35ClF3NO4/c1-18(28(36)37)27(21-4-5-21)22-6-3-20-9-10-29(39-26(20)15-22)11-13-35(14-12-29)19(2)24-16-23(31)7-8-25(24)38-17-30(32,33)34/h3,6-8,15-16,18-19,21,27H,4-5,9-14,17H2,1-2H3,(H,36,37)/t18-,19?,27-/m0/s1. The van der Waals surface area contributed by atoms with E-state index in [2.05, 4.69) is 23.1 Å². The molecule has 0 aromatic heterocycles. The Morgan fingerprint density at radius 2 is 1.87 bits per heavy atom. The van der Waals surface area contributed by atoms with Crippen molar-refractivity contribution in [2.45, 2.75) is 76.1 Å². The second kappa shape index (κ2) is 10.8. The highest BCUT2D eigenvalue weighted by atomic mass is 35.5. The summed E-state index contributed by atoms with van der Waals surface area (Å²) in [6.07, 6.45) is 1.08. The Morgan fingerprint density at radius 1 is 1.15 bits per heavy atom. The number of benzene rings is 2. The van der Waals surface area contributed by atoms with Gasteiger partial charge in [0.15, 0.2) is 6.61 Å². The molecule has 1 N–H and O–H groups in total. The minimum absolute atomic E-state index is 0.0107. The fraction of sp³-hybridized carbons (Fsp3) is 0.567. The van der Waals surface area contributed by atoms with Crippen molar-refractivity contribution in [1.29, 1.82) is 0 Å². The Bertz CT molecular complexity index is 1210. The van der Waals surface area contributed by atoms with Crippen LogP contribution in [-0.4, -0.2) is 47.4 Å². The van der Waals surface area contributed by atoms with Crippen LogP contribution in [0.25, 0.3) is 0 Å². The number of carbonyl (C=O) groups is 1. The van der Waals surface area contributed by atoms with E-state index >= 15 is 0 Å². The maximum absolute atomic E-state index is 12.8. The Kier molecular flexibility index (Phi) is 7.81. The van der Waals surface area contributed by atoms with Crippen LogP contribution in [0.4, 0.5) is 13.2 Å². The fourth-order valence-electron chi connectivity index (χ4n) is 6.31. The zero-order valence-corrected chi connectivity index (χ0v) is 23.0. The molecule has 2 aromatic carbocycles. The van der Waals surface area contributed by atoms with Gasteiger partial charge in [-0.25, -0.2) is 0 Å². The molecule has 39 heavy (non-hydrogen) atoms. The fourth-order valence-corrected chi connectivity index (χ4v) is 6.49. The lowest BCUT2D eigenvalue weighted by molar-refractivity contribution is -0.153. The number of hydrogen-bond acceptors (Lipinski definition) is 4. The molecule has 2 aromatic rings. The summed E-state index contributed by atoms with van der Waals surface area (Å²) in [7, 11) is 0. The molecule has 1 saturated carbocycles. The van der Waals surface area contributed by atoms with Crippen LogP contribution in [-0.2, 0) is 11.2 Å². The second-order valence-corrected chi connectivity index (χ2v) is 11.9. The number of rotatable bonds is 8. The van der Waals surface area contributed by atoms with Crippen LogP contribution >= 0.6 is 11.6 Å². The van der Waals surface area contributed by atoms with E-state index in [9.17, 15) is 23.1 Å². The molecule has 1 spiro atoms. The minimum Gasteiger partial charge on any atom is -0.487 e. The molecule has 0 radical (unpaired) electrons. The van der Waals surface area contributed by atoms with Crippen molar-refractivity contribution in [2.75, 3.05) is 19.7 Å². The lowest BCUT2D eigenvalue weighted by Gasteiger charge is -2.46. The smallest absolute Gasteiger partial charge is 0.422 e. The first-order valence-electron chi connectivity index (χ1n) is 13.7. The summed E-state index contributed by atoms with van der Waals surface area (Å²) in [5.74, 6) is 0.239. The van der Waals surface area contributed by atoms with Crippen molar-refractivity contribution in [3.8, 4) is 11.5 Å². The molecule has 3 atom stereocenters. The highest BCUT2D eigenvalue weighted by molar-refractivity contribution is 6.30. The van der Waals surface area contributed by atoms with E-state index < -0.39 is 24.7 Å². The molecule has 0 bridgehead atoms. The van der Waals surface area contributed by atoms with Crippen molar-refractivity contribution in [3.05, 3.63) is 58.1 Å². The quantitative estimate of drug-likeness (QED) is 0.361. The average molecular weight is 566 g/mol. The predicted molar refractivity (Wildman–Crippen MR) is 143 cm³/mol. The van der Waals surface area contributed by atoms with Gasteiger partial charge < -0.3 is 14.6 Å². The highest BCUT2D eigenvalue weighted by Crippen LogP contribution is 2.49. The van der Waals surface area contributed by atoms with E-state index in [1.54, 1.807) is 19.1 Å². The summed E-state index contributed by atoms with van der Waals surface area (Å²) < 4.78 is 50.2. The SMILES string of the molecule is CC(c1cc(Cl)ccc1OCC(F)(F)F)N1CCC2(CCc3ccc([C@H](C4CC4)[C@H](C)C(=O)O)cc3O2)CC1. The zero-order valence-electron chi connectivity index (χ0n) is 22.3. The van der Waals surface area contributed by atoms with Gasteiger partial charge >= 0.3 is 12.1 Å². The van der Waals surface area contributed by atoms with Crippen LogP contribution in [0.1, 0.15) is 74.6 Å². The molecule has 2 fully saturated rings. The summed E-state index contributed by atoms with van der Waals surface area (Å²) >= 11 is 6.20. The van der Waals surface area contributed by atoms with E-state index in [1.165, 1.54) is 6.07 Å². The molecular formula is C30H35ClF3NO4. The number of fused-ring (bicyclic) bond motifs is 1. The molecule has 5 nitrogen and oxygen atoms in total. The number of ether oxygens (including phenoxy) is 2. The Hall–Kier alpha value is -2.45. The summed E-state index contributed by atoms with van der Waals surface area (Å²) in [6.45, 7) is 3.86. The van der Waals surface area contributed by atoms with Gasteiger partial charge in [0.25, 0.3) is 0 Å². The van der Waals surface area contributed by atoms with E-state index in [-0.39, 0.29) is 23.3 Å². The van der Waals surface area contributed by atoms with E-state index in [0.29, 0.717) is 16.5 Å². The maximum Gasteiger partial charge on any atom is 0.422 e. The summed E-state index contributed by atoms with van der Waals surface area (Å²) in [4.78, 5) is 14.0. The number of piperidine rings is 1. The Balaban J connectivity index is 1.28. The molecule has 9 heteroatoms. The molecule has 212 valence electrons. The zero-order chi connectivity index (χ0) is 27.9. The highest BCUT2D eigenvalue weighted by Gasteiger charge is 2.42. The second-order valence-electron chi connectivity index (χ2n) is 11.4. The van der Waals surface area contributed by atoms with Crippen LogP contribution in [0.3, 0.4) is 0 Å². The number of hydrogen-bond donors (Lipinski definition) is 1. The third kappa shape index (κ3) is 6.32. The van der Waals surface area contributed by atoms with Crippen LogP contribution in [0.5, 0.6) is 11.5 Å². The minimum atomic E-state index is -4.42. The monoisotopic (exact) mass is 565 g/mol. The number of halogens is 4. The van der Waals surface area contributed by atoms with Gasteiger partial charge in [0.1, 0.15) is 17.1 Å². The molecule has 1 saturated heterocycles. The maximum atomic E-state index is 12.8. The van der Waals surface area contributed by atoms with Gasteiger partial charge in [0.2, 0.25) is 0 Å². The number of alkyl halides is 3. The van der Waals surface area contributed by atoms with Gasteiger partial charge in [-0.05, 0) is 92.7 Å². The van der Waals surface area contributed by atoms with Crippen molar-refractivity contribution >= 4 is 17.6 Å². The third-order valence-electron chi connectivity index (χ3n) is 8.78. The summed E-state index contributed by atoms with van der Waals surface area (Å²) in [5.41, 5.74) is 2.53. The topological polar surface area (TPSA) is 59.0 Å². The molecule has 1 unspecified atom stereocenters. The molecule has 3 aliphatic rings. The first-order chi connectivity index (χ1) is 18.4. The Labute approximate surface area is 232 Å². The van der Waals surface area contributed by atoms with Crippen molar-refractivity contribution in [1.82, 2.24) is 4.90 Å². The molecule has 0 amide bonds. The first-order valence-corrected chi connectivity index (χ1v) is 14.1. The van der Waals surface area contributed by atoms with Crippen LogP contribution in [0.15, 0.2) is 36.4 Å². The summed E-state index contributed by atoms with van der Waals surface area (Å²) in [6, 6.07) is 10.8. The Morgan fingerprint density at radius 3 is 2.51 bits per heavy atom. The van der Waals surface area contributed by atoms with Gasteiger partial charge in [-0.15, -0.1) is 0 Å². The van der Waals surface area contributed by atoms with Gasteiger partial charge in [-0.1, -0.05) is 30.7 Å². The van der Waals surface area contributed by atoms with Gasteiger partial charge in [-0.2, -0.15) is 13.2 Å². The van der Waals surface area contributed by atoms with Crippen molar-refractivity contribution < 1.29 is 32.5 Å². The predicted octanol–water partition coefficient (Wildman–Crippen LogP) is 7.42. The number of aryl methyl sites for hydroxylation is 1. The van der Waals surface area contributed by atoms with Gasteiger partial charge in [0, 0.05) is 29.7 Å². The van der Waals surface area contributed by atoms with Crippen LogP contribution < -0.4 is 9.47 Å². The summed E-state index contributed by atoms with van der Waals surface area (Å²) in [5, 5.41) is 10.1. The van der Waals surface area contributed by atoms with E-state index in [4.69, 9.17) is 21.1 Å². The molecule has 2 heterocycles. The van der Waals surface area contributed by atoms with Crippen LogP contribution in [0.2, 0.25) is 5.02 Å². The third-order valence-corrected chi connectivity index (χ3v) is 9.02. The largest absolute Gasteiger partial charge is 0.487 e.